The number of carbonyl (C=O) groups is 1. The number of carboxylic acid groups (broad SMARTS) is 1. The van der Waals surface area contributed by atoms with Gasteiger partial charge < -0.3 is 14.7 Å². The molecule has 0 saturated heterocycles. The van der Waals surface area contributed by atoms with Crippen LogP contribution in [0.2, 0.25) is 0 Å². The zero-order chi connectivity index (χ0) is 13.5. The van der Waals surface area contributed by atoms with Gasteiger partial charge in [-0.05, 0) is 19.1 Å². The molecular weight excluding hydrogens is 237 g/mol. The summed E-state index contributed by atoms with van der Waals surface area (Å²) in [5, 5.41) is 8.92. The molecule has 0 amide bonds. The van der Waals surface area contributed by atoms with Crippen molar-refractivity contribution in [3.8, 4) is 0 Å². The topological polar surface area (TPSA) is 49.8 Å². The minimum Gasteiger partial charge on any atom is -0.479 e. The van der Waals surface area contributed by atoms with E-state index in [1.54, 1.807) is 37.1 Å². The minimum atomic E-state index is -0.987. The monoisotopic (exact) mass is 255 g/mol. The number of nitrogens with zero attached hydrogens (tertiary/aromatic N) is 1. The fraction of sp³-hybridized carbons (Fsp3) is 0.462. The lowest BCUT2D eigenvalue weighted by molar-refractivity contribution is -0.150. The number of rotatable bonds is 7. The largest absolute Gasteiger partial charge is 0.479 e. The summed E-state index contributed by atoms with van der Waals surface area (Å²) >= 11 is 0. The van der Waals surface area contributed by atoms with E-state index in [0.717, 1.165) is 0 Å². The number of halogens is 1. The number of aliphatic carboxylic acids is 1. The van der Waals surface area contributed by atoms with E-state index in [2.05, 4.69) is 0 Å². The standard InChI is InChI=1S/C13H18FNO3/c1-3-18-12(13(16)17)8-9-15(2)11-7-5-4-6-10(11)14/h4-7,12H,3,8-9H2,1-2H3,(H,16,17). The molecule has 0 aromatic heterocycles. The quantitative estimate of drug-likeness (QED) is 0.811. The zero-order valence-electron chi connectivity index (χ0n) is 10.6. The van der Waals surface area contributed by atoms with Gasteiger partial charge in [0.05, 0.1) is 5.69 Å². The first kappa shape index (κ1) is 14.4. The van der Waals surface area contributed by atoms with Gasteiger partial charge in [-0.3, -0.25) is 0 Å². The molecule has 1 N–H and O–H groups in total. The SMILES string of the molecule is CCOC(CCN(C)c1ccccc1F)C(=O)O. The first-order valence-electron chi connectivity index (χ1n) is 5.86. The summed E-state index contributed by atoms with van der Waals surface area (Å²) in [5.74, 6) is -1.30. The third-order valence-corrected chi connectivity index (χ3v) is 2.63. The number of hydrogen-bond acceptors (Lipinski definition) is 3. The molecule has 0 radical (unpaired) electrons. The maximum Gasteiger partial charge on any atom is 0.332 e. The highest BCUT2D eigenvalue weighted by Gasteiger charge is 2.18. The minimum absolute atomic E-state index is 0.313. The van der Waals surface area contributed by atoms with Crippen molar-refractivity contribution in [3.05, 3.63) is 30.1 Å². The molecule has 0 saturated carbocycles. The fourth-order valence-electron chi connectivity index (χ4n) is 1.67. The second kappa shape index (κ2) is 6.96. The van der Waals surface area contributed by atoms with E-state index in [4.69, 9.17) is 9.84 Å². The molecule has 0 aliphatic heterocycles. The van der Waals surface area contributed by atoms with Crippen LogP contribution in [0.3, 0.4) is 0 Å². The van der Waals surface area contributed by atoms with Crippen molar-refractivity contribution in [3.63, 3.8) is 0 Å². The summed E-state index contributed by atoms with van der Waals surface area (Å²) in [6.45, 7) is 2.51. The van der Waals surface area contributed by atoms with E-state index in [1.807, 2.05) is 0 Å². The molecular formula is C13H18FNO3. The average molecular weight is 255 g/mol. The Labute approximate surface area is 106 Å². The van der Waals surface area contributed by atoms with Gasteiger partial charge in [0.15, 0.2) is 6.10 Å². The predicted molar refractivity (Wildman–Crippen MR) is 67.3 cm³/mol. The number of para-hydroxylation sites is 1. The van der Waals surface area contributed by atoms with Crippen molar-refractivity contribution in [2.45, 2.75) is 19.4 Å². The maximum absolute atomic E-state index is 13.5. The van der Waals surface area contributed by atoms with Gasteiger partial charge in [0.1, 0.15) is 5.82 Å². The van der Waals surface area contributed by atoms with Gasteiger partial charge in [-0.2, -0.15) is 0 Å². The Kier molecular flexibility index (Phi) is 5.58. The van der Waals surface area contributed by atoms with E-state index in [0.29, 0.717) is 25.3 Å². The number of anilines is 1. The Morgan fingerprint density at radius 1 is 1.50 bits per heavy atom. The van der Waals surface area contributed by atoms with Gasteiger partial charge in [0.2, 0.25) is 0 Å². The van der Waals surface area contributed by atoms with E-state index >= 15 is 0 Å². The highest BCUT2D eigenvalue weighted by Crippen LogP contribution is 2.17. The van der Waals surface area contributed by atoms with Gasteiger partial charge in [-0.15, -0.1) is 0 Å². The molecule has 0 fully saturated rings. The van der Waals surface area contributed by atoms with Crippen molar-refractivity contribution in [1.82, 2.24) is 0 Å². The highest BCUT2D eigenvalue weighted by molar-refractivity contribution is 5.72. The van der Waals surface area contributed by atoms with E-state index in [-0.39, 0.29) is 5.82 Å². The van der Waals surface area contributed by atoms with Gasteiger partial charge >= 0.3 is 5.97 Å². The normalized spacial score (nSPS) is 12.2. The maximum atomic E-state index is 13.5. The lowest BCUT2D eigenvalue weighted by Gasteiger charge is -2.21. The first-order chi connectivity index (χ1) is 8.56. The molecule has 0 aliphatic carbocycles. The lowest BCUT2D eigenvalue weighted by atomic mass is 10.2. The van der Waals surface area contributed by atoms with Gasteiger partial charge in [-0.1, -0.05) is 12.1 Å². The average Bonchev–Trinajstić information content (AvgIpc) is 2.34. The fourth-order valence-corrected chi connectivity index (χ4v) is 1.67. The van der Waals surface area contributed by atoms with Crippen molar-refractivity contribution < 1.29 is 19.0 Å². The number of benzene rings is 1. The summed E-state index contributed by atoms with van der Waals surface area (Å²) in [7, 11) is 1.73. The molecule has 0 heterocycles. The smallest absolute Gasteiger partial charge is 0.332 e. The second-order valence-corrected chi connectivity index (χ2v) is 3.94. The van der Waals surface area contributed by atoms with Crippen LogP contribution in [0.15, 0.2) is 24.3 Å². The first-order valence-corrected chi connectivity index (χ1v) is 5.86. The van der Waals surface area contributed by atoms with Crippen molar-refractivity contribution in [2.75, 3.05) is 25.1 Å². The molecule has 0 bridgehead atoms. The number of carboxylic acids is 1. The Balaban J connectivity index is 2.57. The third kappa shape index (κ3) is 4.00. The summed E-state index contributed by atoms with van der Waals surface area (Å²) in [6.07, 6.45) is -0.530. The van der Waals surface area contributed by atoms with Crippen LogP contribution in [0.5, 0.6) is 0 Å². The van der Waals surface area contributed by atoms with Crippen molar-refractivity contribution in [1.29, 1.82) is 0 Å². The molecule has 0 aliphatic rings. The van der Waals surface area contributed by atoms with Crippen LogP contribution >= 0.6 is 0 Å². The van der Waals surface area contributed by atoms with E-state index < -0.39 is 12.1 Å². The predicted octanol–water partition coefficient (Wildman–Crippen LogP) is 2.14. The van der Waals surface area contributed by atoms with E-state index in [9.17, 15) is 9.18 Å². The molecule has 1 unspecified atom stereocenters. The molecule has 1 aromatic carbocycles. The van der Waals surface area contributed by atoms with Gasteiger partial charge in [0.25, 0.3) is 0 Å². The Bertz CT molecular complexity index is 398. The van der Waals surface area contributed by atoms with E-state index in [1.165, 1.54) is 6.07 Å². The van der Waals surface area contributed by atoms with Crippen molar-refractivity contribution >= 4 is 11.7 Å². The van der Waals surface area contributed by atoms with Crippen molar-refractivity contribution in [2.24, 2.45) is 0 Å². The third-order valence-electron chi connectivity index (χ3n) is 2.63. The lowest BCUT2D eigenvalue weighted by Crippen LogP contribution is -2.30. The molecule has 4 nitrogen and oxygen atoms in total. The van der Waals surface area contributed by atoms with Gasteiger partial charge in [-0.25, -0.2) is 9.18 Å². The molecule has 5 heteroatoms. The number of ether oxygens (including phenoxy) is 1. The molecule has 1 atom stereocenters. The number of hydrogen-bond donors (Lipinski definition) is 1. The summed E-state index contributed by atoms with van der Waals surface area (Å²) in [5.41, 5.74) is 0.457. The van der Waals surface area contributed by atoms with Crippen LogP contribution in [0.1, 0.15) is 13.3 Å². The second-order valence-electron chi connectivity index (χ2n) is 3.94. The highest BCUT2D eigenvalue weighted by atomic mass is 19.1. The molecule has 0 spiro atoms. The summed E-state index contributed by atoms with van der Waals surface area (Å²) in [6, 6.07) is 6.40. The van der Waals surface area contributed by atoms with Gasteiger partial charge in [0, 0.05) is 26.6 Å². The summed E-state index contributed by atoms with van der Waals surface area (Å²) in [4.78, 5) is 12.6. The van der Waals surface area contributed by atoms with Crippen LogP contribution in [-0.4, -0.2) is 37.4 Å². The molecule has 18 heavy (non-hydrogen) atoms. The Morgan fingerprint density at radius 3 is 2.72 bits per heavy atom. The summed E-state index contributed by atoms with van der Waals surface area (Å²) < 4.78 is 18.6. The Hall–Kier alpha value is -1.62. The zero-order valence-corrected chi connectivity index (χ0v) is 10.6. The van der Waals surface area contributed by atoms with Crippen LogP contribution < -0.4 is 4.90 Å². The molecule has 100 valence electrons. The van der Waals surface area contributed by atoms with Crippen LogP contribution in [-0.2, 0) is 9.53 Å². The van der Waals surface area contributed by atoms with Crippen LogP contribution in [0.4, 0.5) is 10.1 Å². The Morgan fingerprint density at radius 2 is 2.17 bits per heavy atom. The van der Waals surface area contributed by atoms with Crippen LogP contribution in [0.25, 0.3) is 0 Å². The molecule has 1 rings (SSSR count). The van der Waals surface area contributed by atoms with Crippen LogP contribution in [0, 0.1) is 5.82 Å². The molecule has 1 aromatic rings.